The van der Waals surface area contributed by atoms with Crippen molar-refractivity contribution in [2.24, 2.45) is 0 Å². The molecule has 0 heterocycles. The van der Waals surface area contributed by atoms with Gasteiger partial charge in [-0.2, -0.15) is 0 Å². The number of ether oxygens (including phenoxy) is 3. The van der Waals surface area contributed by atoms with Crippen LogP contribution in [0.4, 0.5) is 0 Å². The van der Waals surface area contributed by atoms with Crippen LogP contribution in [0.5, 0.6) is 0 Å². The number of hydrogen-bond donors (Lipinski definition) is 0. The fraction of sp³-hybridized carbons (Fsp3) is 0.697. The lowest BCUT2D eigenvalue weighted by Gasteiger charge is -2.18. The summed E-state index contributed by atoms with van der Waals surface area (Å²) in [5.74, 6) is -0.893. The number of esters is 3. The largest absolute Gasteiger partial charge is 0.462 e. The molecule has 0 N–H and O–H groups in total. The van der Waals surface area contributed by atoms with Crippen molar-refractivity contribution >= 4 is 17.9 Å². The van der Waals surface area contributed by atoms with Crippen molar-refractivity contribution in [1.82, 2.24) is 0 Å². The molecule has 0 amide bonds. The molecule has 6 heteroatoms. The SMILES string of the molecule is CC/C=C\C/C=C\C/C=C\C/C=C\C/C=C\CCCCCCCCCCCCCCCCCCCC(=O)OCC(COC(=O)CCCCCCC/C=C\CCC)OC(=O)CCCCCCCCCC/C=C\C/C=C\C/C=C\C/C=C\CC. The van der Waals surface area contributed by atoms with Crippen molar-refractivity contribution in [2.45, 2.75) is 329 Å². The third kappa shape index (κ3) is 66.6. The van der Waals surface area contributed by atoms with E-state index in [2.05, 4.69) is 142 Å². The molecule has 0 aromatic carbocycles. The van der Waals surface area contributed by atoms with Crippen LogP contribution in [0.25, 0.3) is 0 Å². The highest BCUT2D eigenvalue weighted by atomic mass is 16.6. The molecule has 468 valence electrons. The molecule has 0 spiro atoms. The molecule has 0 bridgehead atoms. The van der Waals surface area contributed by atoms with Gasteiger partial charge in [-0.25, -0.2) is 0 Å². The van der Waals surface area contributed by atoms with Gasteiger partial charge < -0.3 is 14.2 Å². The predicted octanol–water partition coefficient (Wildman–Crippen LogP) is 23.9. The first kappa shape index (κ1) is 77.8. The summed E-state index contributed by atoms with van der Waals surface area (Å²) in [4.78, 5) is 38.3. The topological polar surface area (TPSA) is 78.9 Å². The maximum atomic E-state index is 12.9. The van der Waals surface area contributed by atoms with Crippen LogP contribution in [0.3, 0.4) is 0 Å². The molecular weight excluding hydrogens is 1010 g/mol. The van der Waals surface area contributed by atoms with E-state index >= 15 is 0 Å². The Hall–Kier alpha value is -4.19. The van der Waals surface area contributed by atoms with Gasteiger partial charge in [-0.15, -0.1) is 0 Å². The van der Waals surface area contributed by atoms with E-state index in [1.165, 1.54) is 148 Å². The van der Waals surface area contributed by atoms with Crippen LogP contribution in [0.1, 0.15) is 323 Å². The number of unbranched alkanes of at least 4 members (excludes halogenated alkanes) is 31. The molecule has 0 aromatic rings. The minimum Gasteiger partial charge on any atom is -0.462 e. The van der Waals surface area contributed by atoms with Gasteiger partial charge in [-0.05, 0) is 122 Å². The molecule has 0 aliphatic heterocycles. The van der Waals surface area contributed by atoms with Crippen LogP contribution < -0.4 is 0 Å². The average molecular weight is 1140 g/mol. The van der Waals surface area contributed by atoms with E-state index in [9.17, 15) is 14.4 Å². The second-order valence-electron chi connectivity index (χ2n) is 22.7. The van der Waals surface area contributed by atoms with Crippen molar-refractivity contribution < 1.29 is 28.6 Å². The van der Waals surface area contributed by atoms with Gasteiger partial charge in [0.15, 0.2) is 6.10 Å². The van der Waals surface area contributed by atoms with Crippen molar-refractivity contribution in [3.63, 3.8) is 0 Å². The second kappa shape index (κ2) is 69.3. The molecule has 0 radical (unpaired) electrons. The summed E-state index contributed by atoms with van der Waals surface area (Å²) in [6, 6.07) is 0. The lowest BCUT2D eigenvalue weighted by molar-refractivity contribution is -0.167. The zero-order chi connectivity index (χ0) is 59.2. The smallest absolute Gasteiger partial charge is 0.306 e. The standard InChI is InChI=1S/C76H128O6/c1-4-7-10-13-16-19-22-24-26-28-30-32-33-34-35-36-37-38-39-40-41-42-43-45-46-48-50-52-54-57-60-63-66-69-75(78)81-72-73(71-80-74(77)68-65-62-59-56-21-18-15-12-9-6-3)82-76(79)70-67-64-61-58-55-53-51-49-47-44-31-29-27-25-23-20-17-14-11-8-5-2/h7-8,10-12,15-17,19-20,24-27,30-32,34-35,44,73H,4-6,9,13-14,18,21-23,28-29,33,36-43,45-72H2,1-3H3/b10-7-,11-8-,15-12-,19-16-,20-17-,26-24-,27-25-,32-30-,35-34-,44-31-. The lowest BCUT2D eigenvalue weighted by atomic mass is 10.0. The van der Waals surface area contributed by atoms with Gasteiger partial charge in [0.05, 0.1) is 0 Å². The van der Waals surface area contributed by atoms with Crippen LogP contribution in [0, 0.1) is 0 Å². The Morgan fingerprint density at radius 2 is 0.476 bits per heavy atom. The van der Waals surface area contributed by atoms with Crippen LogP contribution in [-0.4, -0.2) is 37.2 Å². The minimum absolute atomic E-state index is 0.0830. The first-order valence-corrected chi connectivity index (χ1v) is 34.5. The summed E-state index contributed by atoms with van der Waals surface area (Å²) < 4.78 is 16.9. The number of rotatable bonds is 62. The highest BCUT2D eigenvalue weighted by Crippen LogP contribution is 2.17. The lowest BCUT2D eigenvalue weighted by Crippen LogP contribution is -2.30. The van der Waals surface area contributed by atoms with Crippen molar-refractivity contribution in [3.05, 3.63) is 122 Å². The maximum Gasteiger partial charge on any atom is 0.306 e. The fourth-order valence-electron chi connectivity index (χ4n) is 9.58. The first-order valence-electron chi connectivity index (χ1n) is 34.5. The monoisotopic (exact) mass is 1140 g/mol. The third-order valence-electron chi connectivity index (χ3n) is 14.7. The van der Waals surface area contributed by atoms with Crippen LogP contribution >= 0.6 is 0 Å². The fourth-order valence-corrected chi connectivity index (χ4v) is 9.58. The molecular formula is C76H128O6. The van der Waals surface area contributed by atoms with Crippen LogP contribution in [0.15, 0.2) is 122 Å². The minimum atomic E-state index is -0.787. The highest BCUT2D eigenvalue weighted by molar-refractivity contribution is 5.71. The van der Waals surface area contributed by atoms with Crippen LogP contribution in [-0.2, 0) is 28.6 Å². The van der Waals surface area contributed by atoms with Gasteiger partial charge >= 0.3 is 17.9 Å². The summed E-state index contributed by atoms with van der Waals surface area (Å²) in [6.45, 7) is 6.36. The van der Waals surface area contributed by atoms with Gasteiger partial charge in [-0.1, -0.05) is 303 Å². The van der Waals surface area contributed by atoms with E-state index in [0.717, 1.165) is 135 Å². The summed E-state index contributed by atoms with van der Waals surface area (Å²) in [5, 5.41) is 0. The molecule has 1 atom stereocenters. The summed E-state index contributed by atoms with van der Waals surface area (Å²) in [7, 11) is 0. The number of carbonyl (C=O) groups is 3. The van der Waals surface area contributed by atoms with Gasteiger partial charge in [0, 0.05) is 19.3 Å². The molecule has 6 nitrogen and oxygen atoms in total. The van der Waals surface area contributed by atoms with Crippen LogP contribution in [0.2, 0.25) is 0 Å². The van der Waals surface area contributed by atoms with Crippen molar-refractivity contribution in [2.75, 3.05) is 13.2 Å². The van der Waals surface area contributed by atoms with E-state index in [1.807, 2.05) is 0 Å². The van der Waals surface area contributed by atoms with Gasteiger partial charge in [0.1, 0.15) is 13.2 Å². The van der Waals surface area contributed by atoms with E-state index in [0.29, 0.717) is 19.3 Å². The Bertz CT molecular complexity index is 1690. The molecule has 0 saturated heterocycles. The quantitative estimate of drug-likeness (QED) is 0.0261. The van der Waals surface area contributed by atoms with Crippen molar-refractivity contribution in [1.29, 1.82) is 0 Å². The molecule has 0 aliphatic rings. The molecule has 0 aromatic heterocycles. The molecule has 0 fully saturated rings. The summed E-state index contributed by atoms with van der Waals surface area (Å²) in [6.07, 6.45) is 96.6. The van der Waals surface area contributed by atoms with Crippen molar-refractivity contribution in [3.8, 4) is 0 Å². The van der Waals surface area contributed by atoms with Gasteiger partial charge in [0.2, 0.25) is 0 Å². The normalized spacial score (nSPS) is 12.9. The van der Waals surface area contributed by atoms with E-state index < -0.39 is 6.10 Å². The Labute approximate surface area is 507 Å². The Balaban J connectivity index is 4.15. The Morgan fingerprint density at radius 3 is 0.756 bits per heavy atom. The van der Waals surface area contributed by atoms with E-state index in [1.54, 1.807) is 0 Å². The van der Waals surface area contributed by atoms with Gasteiger partial charge in [0.25, 0.3) is 0 Å². The molecule has 0 saturated carbocycles. The predicted molar refractivity (Wildman–Crippen MR) is 357 cm³/mol. The van der Waals surface area contributed by atoms with Gasteiger partial charge in [-0.3, -0.25) is 14.4 Å². The summed E-state index contributed by atoms with van der Waals surface area (Å²) in [5.41, 5.74) is 0. The number of allylic oxidation sites excluding steroid dienone is 20. The third-order valence-corrected chi connectivity index (χ3v) is 14.7. The highest BCUT2D eigenvalue weighted by Gasteiger charge is 2.19. The number of hydrogen-bond acceptors (Lipinski definition) is 6. The molecule has 82 heavy (non-hydrogen) atoms. The molecule has 1 unspecified atom stereocenters. The second-order valence-corrected chi connectivity index (χ2v) is 22.7. The van der Waals surface area contributed by atoms with E-state index in [-0.39, 0.29) is 31.1 Å². The first-order chi connectivity index (χ1) is 40.5. The summed E-state index contributed by atoms with van der Waals surface area (Å²) >= 11 is 0. The Kier molecular flexibility index (Phi) is 65.8. The average Bonchev–Trinajstić information content (AvgIpc) is 3.48. The number of carbonyl (C=O) groups excluding carboxylic acids is 3. The van der Waals surface area contributed by atoms with E-state index in [4.69, 9.17) is 14.2 Å². The maximum absolute atomic E-state index is 12.9. The zero-order valence-corrected chi connectivity index (χ0v) is 53.7. The zero-order valence-electron chi connectivity index (χ0n) is 53.7. The Morgan fingerprint density at radius 1 is 0.256 bits per heavy atom. The molecule has 0 rings (SSSR count). The molecule has 0 aliphatic carbocycles.